The first-order valence-electron chi connectivity index (χ1n) is 5.71. The van der Waals surface area contributed by atoms with Gasteiger partial charge in [0.25, 0.3) is 0 Å². The SMILES string of the molecule is O=C(O)CN1CCN(C(=O)Cn2ccnn2)CC1. The van der Waals surface area contributed by atoms with Crippen molar-refractivity contribution in [3.8, 4) is 0 Å². The number of carboxylic acids is 1. The number of carbonyl (C=O) groups excluding carboxylic acids is 1. The van der Waals surface area contributed by atoms with Gasteiger partial charge >= 0.3 is 5.97 Å². The number of carbonyl (C=O) groups is 2. The molecule has 1 fully saturated rings. The number of piperazine rings is 1. The van der Waals surface area contributed by atoms with E-state index in [0.717, 1.165) is 0 Å². The van der Waals surface area contributed by atoms with Crippen LogP contribution in [0.2, 0.25) is 0 Å². The second-order valence-electron chi connectivity index (χ2n) is 4.15. The molecule has 1 aromatic heterocycles. The summed E-state index contributed by atoms with van der Waals surface area (Å²) in [5.74, 6) is -0.854. The molecule has 0 unspecified atom stereocenters. The lowest BCUT2D eigenvalue weighted by atomic mass is 10.3. The highest BCUT2D eigenvalue weighted by molar-refractivity contribution is 5.76. The zero-order valence-corrected chi connectivity index (χ0v) is 9.90. The monoisotopic (exact) mass is 253 g/mol. The van der Waals surface area contributed by atoms with Crippen LogP contribution >= 0.6 is 0 Å². The van der Waals surface area contributed by atoms with E-state index in [2.05, 4.69) is 10.3 Å². The molecule has 2 heterocycles. The summed E-state index contributed by atoms with van der Waals surface area (Å²) in [4.78, 5) is 26.0. The Labute approximate surface area is 104 Å². The Hall–Kier alpha value is -1.96. The number of rotatable bonds is 4. The highest BCUT2D eigenvalue weighted by Gasteiger charge is 2.22. The van der Waals surface area contributed by atoms with E-state index in [1.807, 2.05) is 4.90 Å². The van der Waals surface area contributed by atoms with Gasteiger partial charge in [-0.2, -0.15) is 0 Å². The predicted molar refractivity (Wildman–Crippen MR) is 60.7 cm³/mol. The minimum absolute atomic E-state index is 0.0181. The minimum atomic E-state index is -0.836. The second-order valence-corrected chi connectivity index (χ2v) is 4.15. The van der Waals surface area contributed by atoms with Gasteiger partial charge in [-0.05, 0) is 0 Å². The molecule has 18 heavy (non-hydrogen) atoms. The van der Waals surface area contributed by atoms with Crippen molar-refractivity contribution in [3.63, 3.8) is 0 Å². The summed E-state index contributed by atoms with van der Waals surface area (Å²) in [5, 5.41) is 16.0. The van der Waals surface area contributed by atoms with E-state index in [0.29, 0.717) is 26.2 Å². The van der Waals surface area contributed by atoms with Crippen LogP contribution in [0.3, 0.4) is 0 Å². The highest BCUT2D eigenvalue weighted by atomic mass is 16.4. The lowest BCUT2D eigenvalue weighted by Gasteiger charge is -2.33. The van der Waals surface area contributed by atoms with Gasteiger partial charge in [0.15, 0.2) is 0 Å². The van der Waals surface area contributed by atoms with E-state index in [4.69, 9.17) is 5.11 Å². The zero-order valence-electron chi connectivity index (χ0n) is 9.90. The van der Waals surface area contributed by atoms with Crippen molar-refractivity contribution < 1.29 is 14.7 Å². The van der Waals surface area contributed by atoms with Gasteiger partial charge in [0.1, 0.15) is 6.54 Å². The van der Waals surface area contributed by atoms with Gasteiger partial charge in [0.2, 0.25) is 5.91 Å². The average molecular weight is 253 g/mol. The van der Waals surface area contributed by atoms with Crippen molar-refractivity contribution in [2.75, 3.05) is 32.7 Å². The maximum absolute atomic E-state index is 11.9. The first-order chi connectivity index (χ1) is 8.65. The van der Waals surface area contributed by atoms with Gasteiger partial charge in [-0.15, -0.1) is 5.10 Å². The summed E-state index contributed by atoms with van der Waals surface area (Å²) in [6.07, 6.45) is 3.16. The topological polar surface area (TPSA) is 91.6 Å². The number of amides is 1. The highest BCUT2D eigenvalue weighted by Crippen LogP contribution is 2.02. The lowest BCUT2D eigenvalue weighted by molar-refractivity contribution is -0.139. The van der Waals surface area contributed by atoms with Crippen LogP contribution in [0.1, 0.15) is 0 Å². The van der Waals surface area contributed by atoms with E-state index in [-0.39, 0.29) is 19.0 Å². The first-order valence-corrected chi connectivity index (χ1v) is 5.71. The van der Waals surface area contributed by atoms with Crippen molar-refractivity contribution in [1.82, 2.24) is 24.8 Å². The molecule has 8 heteroatoms. The van der Waals surface area contributed by atoms with Crippen molar-refractivity contribution in [3.05, 3.63) is 12.4 Å². The largest absolute Gasteiger partial charge is 0.480 e. The number of nitrogens with zero attached hydrogens (tertiary/aromatic N) is 5. The number of aromatic nitrogens is 3. The van der Waals surface area contributed by atoms with Gasteiger partial charge in [-0.3, -0.25) is 14.5 Å². The number of aliphatic carboxylic acids is 1. The summed E-state index contributed by atoms with van der Waals surface area (Å²) in [5.41, 5.74) is 0. The predicted octanol–water partition coefficient (Wildman–Crippen LogP) is -1.49. The second kappa shape index (κ2) is 5.58. The smallest absolute Gasteiger partial charge is 0.317 e. The Bertz CT molecular complexity index is 411. The summed E-state index contributed by atoms with van der Waals surface area (Å²) in [6.45, 7) is 2.51. The van der Waals surface area contributed by atoms with E-state index in [9.17, 15) is 9.59 Å². The molecule has 8 nitrogen and oxygen atoms in total. The molecule has 0 saturated carbocycles. The van der Waals surface area contributed by atoms with Gasteiger partial charge < -0.3 is 10.0 Å². The quantitative estimate of drug-likeness (QED) is 0.702. The third-order valence-electron chi connectivity index (χ3n) is 2.85. The molecule has 1 aliphatic heterocycles. The van der Waals surface area contributed by atoms with Crippen molar-refractivity contribution in [1.29, 1.82) is 0 Å². The van der Waals surface area contributed by atoms with Crippen LogP contribution in [-0.2, 0) is 16.1 Å². The van der Waals surface area contributed by atoms with Gasteiger partial charge in [0.05, 0.1) is 12.7 Å². The van der Waals surface area contributed by atoms with Crippen LogP contribution in [0.5, 0.6) is 0 Å². The van der Waals surface area contributed by atoms with Crippen LogP contribution in [0.25, 0.3) is 0 Å². The Morgan fingerprint density at radius 3 is 2.44 bits per heavy atom. The van der Waals surface area contributed by atoms with E-state index in [1.165, 1.54) is 10.9 Å². The zero-order chi connectivity index (χ0) is 13.0. The van der Waals surface area contributed by atoms with Crippen molar-refractivity contribution in [2.24, 2.45) is 0 Å². The molecule has 0 aromatic carbocycles. The lowest BCUT2D eigenvalue weighted by Crippen LogP contribution is -2.50. The van der Waals surface area contributed by atoms with Crippen LogP contribution in [0.4, 0.5) is 0 Å². The van der Waals surface area contributed by atoms with Crippen molar-refractivity contribution >= 4 is 11.9 Å². The fourth-order valence-corrected chi connectivity index (χ4v) is 1.90. The Balaban J connectivity index is 1.79. The number of carboxylic acid groups (broad SMARTS) is 1. The molecule has 0 radical (unpaired) electrons. The minimum Gasteiger partial charge on any atom is -0.480 e. The third kappa shape index (κ3) is 3.27. The molecular formula is C10H15N5O3. The average Bonchev–Trinajstić information content (AvgIpc) is 2.82. The molecule has 1 aliphatic rings. The van der Waals surface area contributed by atoms with Gasteiger partial charge in [-0.1, -0.05) is 5.21 Å². The van der Waals surface area contributed by atoms with Crippen LogP contribution in [0, 0.1) is 0 Å². The molecule has 2 rings (SSSR count). The normalized spacial score (nSPS) is 16.8. The molecular weight excluding hydrogens is 238 g/mol. The first kappa shape index (κ1) is 12.5. The summed E-state index contributed by atoms with van der Waals surface area (Å²) >= 11 is 0. The molecule has 0 bridgehead atoms. The molecule has 1 aromatic rings. The van der Waals surface area contributed by atoms with E-state index >= 15 is 0 Å². The number of hydrogen-bond acceptors (Lipinski definition) is 5. The van der Waals surface area contributed by atoms with E-state index < -0.39 is 5.97 Å². The van der Waals surface area contributed by atoms with Gasteiger partial charge in [0, 0.05) is 32.4 Å². The maximum Gasteiger partial charge on any atom is 0.317 e. The number of hydrogen-bond donors (Lipinski definition) is 1. The van der Waals surface area contributed by atoms with Crippen LogP contribution in [0.15, 0.2) is 12.4 Å². The fraction of sp³-hybridized carbons (Fsp3) is 0.600. The fourth-order valence-electron chi connectivity index (χ4n) is 1.90. The molecule has 1 saturated heterocycles. The Kier molecular flexibility index (Phi) is 3.88. The van der Waals surface area contributed by atoms with Gasteiger partial charge in [-0.25, -0.2) is 4.68 Å². The molecule has 0 aliphatic carbocycles. The molecule has 0 atom stereocenters. The summed E-state index contributed by atoms with van der Waals surface area (Å²) in [6, 6.07) is 0. The molecule has 98 valence electrons. The Morgan fingerprint density at radius 1 is 1.17 bits per heavy atom. The van der Waals surface area contributed by atoms with Crippen LogP contribution < -0.4 is 0 Å². The molecule has 1 amide bonds. The maximum atomic E-state index is 11.9. The molecule has 0 spiro atoms. The summed E-state index contributed by atoms with van der Waals surface area (Å²) < 4.78 is 1.48. The third-order valence-corrected chi connectivity index (χ3v) is 2.85. The Morgan fingerprint density at radius 2 is 1.89 bits per heavy atom. The van der Waals surface area contributed by atoms with Crippen molar-refractivity contribution in [2.45, 2.75) is 6.54 Å². The standard InChI is InChI=1S/C10H15N5O3/c16-9(7-15-2-1-11-12-15)14-5-3-13(4-6-14)8-10(17)18/h1-2H,3-8H2,(H,17,18). The van der Waals surface area contributed by atoms with Crippen LogP contribution in [-0.4, -0.2) is 74.5 Å². The summed E-state index contributed by atoms with van der Waals surface area (Å²) in [7, 11) is 0. The van der Waals surface area contributed by atoms with E-state index in [1.54, 1.807) is 11.1 Å². The molecule has 1 N–H and O–H groups in total.